The molecule has 1 saturated carbocycles. The van der Waals surface area contributed by atoms with E-state index in [0.29, 0.717) is 23.3 Å². The molecule has 0 aromatic carbocycles. The summed E-state index contributed by atoms with van der Waals surface area (Å²) in [7, 11) is 0. The summed E-state index contributed by atoms with van der Waals surface area (Å²) in [5.74, 6) is 3.76. The van der Waals surface area contributed by atoms with Crippen molar-refractivity contribution in [3.63, 3.8) is 0 Å². The molecule has 17 heavy (non-hydrogen) atoms. The minimum absolute atomic E-state index is 0.476. The second-order valence-corrected chi connectivity index (χ2v) is 5.07. The first-order valence-electron chi connectivity index (χ1n) is 5.70. The molecule has 2 heterocycles. The smallest absolute Gasteiger partial charge is 0.141 e. The number of aromatic nitrogens is 2. The van der Waals surface area contributed by atoms with Gasteiger partial charge in [0.2, 0.25) is 0 Å². The molecule has 4 nitrogen and oxygen atoms in total. The third-order valence-corrected chi connectivity index (χ3v) is 3.59. The van der Waals surface area contributed by atoms with Gasteiger partial charge in [0.1, 0.15) is 28.9 Å². The average molecular weight is 252 g/mol. The highest BCUT2D eigenvalue weighted by molar-refractivity contribution is 6.32. The van der Waals surface area contributed by atoms with Crippen LogP contribution in [0.25, 0.3) is 0 Å². The topological polar surface area (TPSA) is 57.0 Å². The van der Waals surface area contributed by atoms with Gasteiger partial charge in [0, 0.05) is 5.92 Å². The summed E-state index contributed by atoms with van der Waals surface area (Å²) in [5, 5.41) is 4.57. The number of nitrogens with zero attached hydrogens (tertiary/aromatic N) is 2. The first kappa shape index (κ1) is 10.7. The van der Waals surface area contributed by atoms with Crippen molar-refractivity contribution < 1.29 is 4.42 Å². The van der Waals surface area contributed by atoms with Gasteiger partial charge in [0.05, 0.1) is 6.20 Å². The predicted molar refractivity (Wildman–Crippen MR) is 66.0 cm³/mol. The molecule has 2 atom stereocenters. The lowest BCUT2D eigenvalue weighted by Gasteiger charge is -2.01. The second kappa shape index (κ2) is 3.81. The van der Waals surface area contributed by atoms with Crippen LogP contribution in [0, 0.1) is 5.92 Å². The predicted octanol–water partition coefficient (Wildman–Crippen LogP) is 2.88. The number of hydrogen-bond donors (Lipinski definition) is 1. The Morgan fingerprint density at radius 1 is 1.59 bits per heavy atom. The van der Waals surface area contributed by atoms with Gasteiger partial charge >= 0.3 is 0 Å². The van der Waals surface area contributed by atoms with Crippen LogP contribution in [-0.4, -0.2) is 9.78 Å². The van der Waals surface area contributed by atoms with Crippen molar-refractivity contribution in [1.82, 2.24) is 9.78 Å². The lowest BCUT2D eigenvalue weighted by Crippen LogP contribution is -2.05. The molecule has 90 valence electrons. The maximum absolute atomic E-state index is 5.84. The second-order valence-electron chi connectivity index (χ2n) is 4.66. The van der Waals surface area contributed by atoms with Crippen LogP contribution < -0.4 is 5.73 Å². The summed E-state index contributed by atoms with van der Waals surface area (Å²) < 4.78 is 7.43. The average Bonchev–Trinajstić information content (AvgIpc) is 2.72. The van der Waals surface area contributed by atoms with Gasteiger partial charge in [-0.2, -0.15) is 5.10 Å². The van der Waals surface area contributed by atoms with E-state index in [0.717, 1.165) is 17.4 Å². The molecule has 5 heteroatoms. The Labute approximate surface area is 104 Å². The van der Waals surface area contributed by atoms with E-state index in [2.05, 4.69) is 12.0 Å². The number of halogens is 1. The van der Waals surface area contributed by atoms with Crippen LogP contribution in [0.15, 0.2) is 22.7 Å². The summed E-state index contributed by atoms with van der Waals surface area (Å²) in [6.07, 6.45) is 2.77. The van der Waals surface area contributed by atoms with Crippen molar-refractivity contribution >= 4 is 17.4 Å². The standard InChI is InChI=1S/C12H14ClN3O/c1-7-4-9(7)11-3-2-8(17-11)6-16-12(14)10(13)5-15-16/h2-3,5,7,9H,4,6,14H2,1H3. The Hall–Kier alpha value is -1.42. The summed E-state index contributed by atoms with van der Waals surface area (Å²) >= 11 is 5.84. The Balaban J connectivity index is 1.77. The Morgan fingerprint density at radius 3 is 2.94 bits per heavy atom. The van der Waals surface area contributed by atoms with E-state index in [4.69, 9.17) is 21.8 Å². The van der Waals surface area contributed by atoms with Crippen LogP contribution in [-0.2, 0) is 6.54 Å². The van der Waals surface area contributed by atoms with Gasteiger partial charge in [-0.1, -0.05) is 18.5 Å². The molecule has 3 rings (SSSR count). The van der Waals surface area contributed by atoms with Crippen molar-refractivity contribution in [2.24, 2.45) is 5.92 Å². The van der Waals surface area contributed by atoms with Gasteiger partial charge < -0.3 is 10.2 Å². The number of furan rings is 1. The van der Waals surface area contributed by atoms with Crippen molar-refractivity contribution in [3.05, 3.63) is 34.9 Å². The molecular formula is C12H14ClN3O. The maximum atomic E-state index is 5.84. The molecule has 2 aromatic rings. The highest BCUT2D eigenvalue weighted by atomic mass is 35.5. The fourth-order valence-electron chi connectivity index (χ4n) is 2.04. The van der Waals surface area contributed by atoms with Gasteiger partial charge in [-0.15, -0.1) is 0 Å². The van der Waals surface area contributed by atoms with E-state index in [1.807, 2.05) is 12.1 Å². The number of nitrogen functional groups attached to an aromatic ring is 1. The van der Waals surface area contributed by atoms with Gasteiger partial charge in [-0.25, -0.2) is 4.68 Å². The van der Waals surface area contributed by atoms with Crippen molar-refractivity contribution in [2.75, 3.05) is 5.73 Å². The van der Waals surface area contributed by atoms with Gasteiger partial charge in [-0.05, 0) is 24.5 Å². The number of rotatable bonds is 3. The monoisotopic (exact) mass is 251 g/mol. The van der Waals surface area contributed by atoms with Gasteiger partial charge in [0.15, 0.2) is 0 Å². The zero-order valence-corrected chi connectivity index (χ0v) is 10.3. The van der Waals surface area contributed by atoms with Crippen molar-refractivity contribution in [1.29, 1.82) is 0 Å². The quantitative estimate of drug-likeness (QED) is 0.913. The van der Waals surface area contributed by atoms with Gasteiger partial charge in [0.25, 0.3) is 0 Å². The largest absolute Gasteiger partial charge is 0.464 e. The molecule has 2 unspecified atom stereocenters. The van der Waals surface area contributed by atoms with Crippen molar-refractivity contribution in [3.8, 4) is 0 Å². The Bertz CT molecular complexity index is 546. The molecule has 1 aliphatic carbocycles. The minimum atomic E-state index is 0.476. The molecule has 0 saturated heterocycles. The normalized spacial score (nSPS) is 22.9. The molecular weight excluding hydrogens is 238 g/mol. The van der Waals surface area contributed by atoms with E-state index in [1.54, 1.807) is 10.9 Å². The van der Waals surface area contributed by atoms with Gasteiger partial charge in [-0.3, -0.25) is 0 Å². The SMILES string of the molecule is CC1CC1c1ccc(Cn2ncc(Cl)c2N)o1. The van der Waals surface area contributed by atoms with E-state index in [1.165, 1.54) is 6.42 Å². The Kier molecular flexibility index (Phi) is 2.40. The summed E-state index contributed by atoms with van der Waals surface area (Å²) in [6, 6.07) is 4.03. The molecule has 1 aliphatic rings. The number of anilines is 1. The van der Waals surface area contributed by atoms with Crippen LogP contribution in [0.1, 0.15) is 30.8 Å². The lowest BCUT2D eigenvalue weighted by atomic mass is 10.3. The molecule has 0 aliphatic heterocycles. The molecule has 0 bridgehead atoms. The van der Waals surface area contributed by atoms with Crippen LogP contribution in [0.2, 0.25) is 5.02 Å². The maximum Gasteiger partial charge on any atom is 0.141 e. The summed E-state index contributed by atoms with van der Waals surface area (Å²) in [6.45, 7) is 2.76. The molecule has 0 amide bonds. The molecule has 0 spiro atoms. The summed E-state index contributed by atoms with van der Waals surface area (Å²) in [5.41, 5.74) is 5.78. The minimum Gasteiger partial charge on any atom is -0.464 e. The first-order chi connectivity index (χ1) is 8.15. The summed E-state index contributed by atoms with van der Waals surface area (Å²) in [4.78, 5) is 0. The Morgan fingerprint density at radius 2 is 2.35 bits per heavy atom. The first-order valence-corrected chi connectivity index (χ1v) is 6.08. The van der Waals surface area contributed by atoms with Crippen molar-refractivity contribution in [2.45, 2.75) is 25.8 Å². The van der Waals surface area contributed by atoms with Crippen LogP contribution in [0.5, 0.6) is 0 Å². The third kappa shape index (κ3) is 1.93. The van der Waals surface area contributed by atoms with E-state index in [9.17, 15) is 0 Å². The molecule has 0 radical (unpaired) electrons. The van der Waals surface area contributed by atoms with E-state index >= 15 is 0 Å². The zero-order valence-electron chi connectivity index (χ0n) is 9.56. The van der Waals surface area contributed by atoms with Crippen LogP contribution in [0.3, 0.4) is 0 Å². The lowest BCUT2D eigenvalue weighted by molar-refractivity contribution is 0.443. The zero-order chi connectivity index (χ0) is 12.0. The number of nitrogens with two attached hydrogens (primary N) is 1. The molecule has 2 N–H and O–H groups in total. The van der Waals surface area contributed by atoms with Crippen LogP contribution >= 0.6 is 11.6 Å². The molecule has 1 fully saturated rings. The van der Waals surface area contributed by atoms with E-state index in [-0.39, 0.29) is 0 Å². The van der Waals surface area contributed by atoms with Crippen LogP contribution in [0.4, 0.5) is 5.82 Å². The highest BCUT2D eigenvalue weighted by Gasteiger charge is 2.36. The fraction of sp³-hybridized carbons (Fsp3) is 0.417. The fourth-order valence-corrected chi connectivity index (χ4v) is 2.18. The number of hydrogen-bond acceptors (Lipinski definition) is 3. The molecule has 2 aromatic heterocycles. The van der Waals surface area contributed by atoms with E-state index < -0.39 is 0 Å². The third-order valence-electron chi connectivity index (χ3n) is 3.30. The highest BCUT2D eigenvalue weighted by Crippen LogP contribution is 2.47.